The Morgan fingerprint density at radius 2 is 1.34 bits per heavy atom. The zero-order valence-electron chi connectivity index (χ0n) is 19.9. The van der Waals surface area contributed by atoms with E-state index in [1.165, 1.54) is 44.9 Å². The molecule has 6 nitrogen and oxygen atoms in total. The van der Waals surface area contributed by atoms with E-state index in [0.717, 1.165) is 19.3 Å². The predicted molar refractivity (Wildman–Crippen MR) is 124 cm³/mol. The quantitative estimate of drug-likeness (QED) is 0.245. The largest absolute Gasteiger partial charge is 0.462 e. The van der Waals surface area contributed by atoms with Crippen molar-refractivity contribution in [2.75, 3.05) is 33.2 Å². The summed E-state index contributed by atoms with van der Waals surface area (Å²) in [6.45, 7) is 6.04. The smallest absolute Gasteiger partial charge is 0.339 e. The van der Waals surface area contributed by atoms with Gasteiger partial charge in [0, 0.05) is 0 Å². The first-order valence-corrected chi connectivity index (χ1v) is 12.2. The Kier molecular flexibility index (Phi) is 12.4. The molecule has 0 spiro atoms. The number of carbonyl (C=O) groups excluding carboxylic acids is 2. The first kappa shape index (κ1) is 26.3. The highest BCUT2D eigenvalue weighted by molar-refractivity contribution is 6.03. The number of rotatable bonds is 15. The monoisotopic (exact) mass is 448 g/mol. The molecule has 0 saturated carbocycles. The van der Waals surface area contributed by atoms with Crippen molar-refractivity contribution in [3.63, 3.8) is 0 Å². The van der Waals surface area contributed by atoms with Crippen LogP contribution in [0.2, 0.25) is 0 Å². The highest BCUT2D eigenvalue weighted by atomic mass is 16.7. The van der Waals surface area contributed by atoms with Gasteiger partial charge in [-0.1, -0.05) is 77.3 Å². The maximum absolute atomic E-state index is 12.7. The fraction of sp³-hybridized carbons (Fsp3) is 0.692. The average molecular weight is 449 g/mol. The molecule has 1 fully saturated rings. The maximum Gasteiger partial charge on any atom is 0.339 e. The normalized spacial score (nSPS) is 15.3. The van der Waals surface area contributed by atoms with Gasteiger partial charge in [-0.2, -0.15) is 0 Å². The van der Waals surface area contributed by atoms with Gasteiger partial charge in [-0.15, -0.1) is 0 Å². The van der Waals surface area contributed by atoms with Gasteiger partial charge in [0.1, 0.15) is 13.4 Å². The molecule has 2 rings (SSSR count). The van der Waals surface area contributed by atoms with E-state index in [1.54, 1.807) is 24.3 Å². The molecule has 0 unspecified atom stereocenters. The van der Waals surface area contributed by atoms with E-state index in [9.17, 15) is 9.59 Å². The Morgan fingerprint density at radius 3 is 1.91 bits per heavy atom. The van der Waals surface area contributed by atoms with Crippen LogP contribution in [0.1, 0.15) is 98.8 Å². The molecule has 0 N–H and O–H groups in total. The minimum absolute atomic E-state index is 0.185. The number of esters is 2. The van der Waals surface area contributed by atoms with E-state index in [-0.39, 0.29) is 29.9 Å². The van der Waals surface area contributed by atoms with Gasteiger partial charge in [-0.3, -0.25) is 0 Å². The number of hydrogen-bond donors (Lipinski definition) is 0. The maximum atomic E-state index is 12.7. The molecule has 1 aliphatic heterocycles. The summed E-state index contributed by atoms with van der Waals surface area (Å²) in [5.41, 5.74) is 0.128. The number of hydrogen-bond acceptors (Lipinski definition) is 6. The Balaban J connectivity index is 1.74. The van der Waals surface area contributed by atoms with E-state index in [2.05, 4.69) is 6.92 Å². The molecule has 1 saturated heterocycles. The lowest BCUT2D eigenvalue weighted by atomic mass is 9.87. The predicted octanol–water partition coefficient (Wildman–Crippen LogP) is 5.93. The third-order valence-corrected chi connectivity index (χ3v) is 6.09. The molecule has 180 valence electrons. The van der Waals surface area contributed by atoms with E-state index >= 15 is 0 Å². The van der Waals surface area contributed by atoms with E-state index in [0.29, 0.717) is 19.8 Å². The van der Waals surface area contributed by atoms with Crippen molar-refractivity contribution in [2.24, 2.45) is 5.41 Å². The van der Waals surface area contributed by atoms with Crippen molar-refractivity contribution in [2.45, 2.75) is 78.1 Å². The topological polar surface area (TPSA) is 71.1 Å². The molecule has 1 aliphatic rings. The highest BCUT2D eigenvalue weighted by Crippen LogP contribution is 2.27. The molecule has 0 bridgehead atoms. The van der Waals surface area contributed by atoms with Gasteiger partial charge in [0.15, 0.2) is 0 Å². The molecule has 6 heteroatoms. The van der Waals surface area contributed by atoms with Gasteiger partial charge >= 0.3 is 11.9 Å². The lowest BCUT2D eigenvalue weighted by Crippen LogP contribution is -2.41. The Hall–Kier alpha value is -1.92. The number of unbranched alkanes of at least 4 members (excludes halogenated alkanes) is 8. The molecule has 0 aromatic heterocycles. The third kappa shape index (κ3) is 8.91. The van der Waals surface area contributed by atoms with Crippen molar-refractivity contribution < 1.29 is 28.5 Å². The molecule has 1 heterocycles. The van der Waals surface area contributed by atoms with Gasteiger partial charge < -0.3 is 18.9 Å². The molecule has 1 aromatic carbocycles. The van der Waals surface area contributed by atoms with Crippen molar-refractivity contribution in [3.8, 4) is 0 Å². The molecular weight excluding hydrogens is 408 g/mol. The van der Waals surface area contributed by atoms with E-state index in [4.69, 9.17) is 18.9 Å². The second-order valence-electron chi connectivity index (χ2n) is 8.75. The van der Waals surface area contributed by atoms with Crippen LogP contribution in [0, 0.1) is 5.41 Å². The van der Waals surface area contributed by atoms with Crippen LogP contribution in [0.25, 0.3) is 0 Å². The zero-order valence-corrected chi connectivity index (χ0v) is 19.9. The first-order valence-electron chi connectivity index (χ1n) is 12.2. The molecule has 0 radical (unpaired) electrons. The second kappa shape index (κ2) is 15.0. The van der Waals surface area contributed by atoms with Crippen molar-refractivity contribution in [1.82, 2.24) is 0 Å². The molecule has 32 heavy (non-hydrogen) atoms. The number of carbonyl (C=O) groups is 2. The molecule has 1 aromatic rings. The van der Waals surface area contributed by atoms with Crippen molar-refractivity contribution >= 4 is 11.9 Å². The zero-order chi connectivity index (χ0) is 23.1. The van der Waals surface area contributed by atoms with Crippen molar-refractivity contribution in [3.05, 3.63) is 35.4 Å². The highest BCUT2D eigenvalue weighted by Gasteiger charge is 2.34. The summed E-state index contributed by atoms with van der Waals surface area (Å²) in [6, 6.07) is 6.65. The van der Waals surface area contributed by atoms with Crippen LogP contribution in [0.15, 0.2) is 24.3 Å². The van der Waals surface area contributed by atoms with Gasteiger partial charge in [0.25, 0.3) is 0 Å². The second-order valence-corrected chi connectivity index (χ2v) is 8.75. The van der Waals surface area contributed by atoms with Crippen LogP contribution in [0.5, 0.6) is 0 Å². The summed E-state index contributed by atoms with van der Waals surface area (Å²) in [5, 5.41) is 0. The summed E-state index contributed by atoms with van der Waals surface area (Å²) in [7, 11) is 0. The lowest BCUT2D eigenvalue weighted by Gasteiger charge is -2.35. The minimum Gasteiger partial charge on any atom is -0.462 e. The van der Waals surface area contributed by atoms with Crippen molar-refractivity contribution in [1.29, 1.82) is 0 Å². The number of benzene rings is 1. The third-order valence-electron chi connectivity index (χ3n) is 6.09. The average Bonchev–Trinajstić information content (AvgIpc) is 2.84. The van der Waals surface area contributed by atoms with Gasteiger partial charge in [-0.25, -0.2) is 9.59 Å². The van der Waals surface area contributed by atoms with Crippen LogP contribution in [0.3, 0.4) is 0 Å². The lowest BCUT2D eigenvalue weighted by molar-refractivity contribution is -0.177. The van der Waals surface area contributed by atoms with Crippen LogP contribution in [-0.4, -0.2) is 45.2 Å². The SMILES string of the molecule is CCCCCCCCCCCOC(=O)c1ccccc1C(=O)OCC1(CC)COCOC1. The minimum atomic E-state index is -0.529. The molecule has 0 amide bonds. The van der Waals surface area contributed by atoms with Gasteiger partial charge in [0.2, 0.25) is 0 Å². The fourth-order valence-electron chi connectivity index (χ4n) is 3.80. The first-order chi connectivity index (χ1) is 15.6. The summed E-state index contributed by atoms with van der Waals surface area (Å²) < 4.78 is 21.8. The van der Waals surface area contributed by atoms with Crippen LogP contribution in [-0.2, 0) is 18.9 Å². The Labute approximate surface area is 193 Å². The van der Waals surface area contributed by atoms with Gasteiger partial charge in [0.05, 0.1) is 36.4 Å². The number of ether oxygens (including phenoxy) is 4. The standard InChI is InChI=1S/C26H40O6/c1-3-5-6-7-8-9-10-11-14-17-31-24(27)22-15-12-13-16-23(22)25(28)32-20-26(4-2)18-29-21-30-19-26/h12-13,15-16H,3-11,14,17-21H2,1-2H3. The fourth-order valence-corrected chi connectivity index (χ4v) is 3.80. The van der Waals surface area contributed by atoms with E-state index in [1.807, 2.05) is 6.92 Å². The van der Waals surface area contributed by atoms with Crippen LogP contribution >= 0.6 is 0 Å². The van der Waals surface area contributed by atoms with Crippen LogP contribution in [0.4, 0.5) is 0 Å². The van der Waals surface area contributed by atoms with Gasteiger partial charge in [-0.05, 0) is 25.0 Å². The summed E-state index contributed by atoms with van der Waals surface area (Å²) in [4.78, 5) is 25.3. The molecule has 0 aliphatic carbocycles. The van der Waals surface area contributed by atoms with Crippen LogP contribution < -0.4 is 0 Å². The Bertz CT molecular complexity index is 681. The molecule has 0 atom stereocenters. The summed E-state index contributed by atoms with van der Waals surface area (Å²) in [5.74, 6) is -1.01. The summed E-state index contributed by atoms with van der Waals surface area (Å²) >= 11 is 0. The van der Waals surface area contributed by atoms with E-state index < -0.39 is 11.9 Å². The summed E-state index contributed by atoms with van der Waals surface area (Å²) in [6.07, 6.45) is 11.6. The Morgan fingerprint density at radius 1 is 0.812 bits per heavy atom. The molecular formula is C26H40O6.